The minimum atomic E-state index is -0.673. The second kappa shape index (κ2) is 11.9. The van der Waals surface area contributed by atoms with Gasteiger partial charge in [0.1, 0.15) is 11.9 Å². The van der Waals surface area contributed by atoms with Crippen LogP contribution in [0.2, 0.25) is 0 Å². The van der Waals surface area contributed by atoms with Gasteiger partial charge in [-0.15, -0.1) is 0 Å². The van der Waals surface area contributed by atoms with Gasteiger partial charge < -0.3 is 19.7 Å². The fourth-order valence-corrected chi connectivity index (χ4v) is 3.11. The van der Waals surface area contributed by atoms with E-state index in [0.717, 1.165) is 12.0 Å². The standard InChI is InChI=1S/C24H31FN2O4/c1-5-17(3)26-24(29)20(6-2)27(15-18-11-13-19(25)14-12-18)23(28)16-31-22-10-8-7-9-21(22)30-4/h7-14,17,20H,5-6,15-16H2,1-4H3,(H,26,29). The fourth-order valence-electron chi connectivity index (χ4n) is 3.11. The summed E-state index contributed by atoms with van der Waals surface area (Å²) in [6.45, 7) is 5.67. The fraction of sp³-hybridized carbons (Fsp3) is 0.417. The summed E-state index contributed by atoms with van der Waals surface area (Å²) in [5.41, 5.74) is 0.724. The van der Waals surface area contributed by atoms with Crippen LogP contribution in [-0.2, 0) is 16.1 Å². The number of hydrogen-bond donors (Lipinski definition) is 1. The maximum absolute atomic E-state index is 13.3. The Balaban J connectivity index is 2.23. The average Bonchev–Trinajstić information content (AvgIpc) is 2.78. The first-order chi connectivity index (χ1) is 14.9. The van der Waals surface area contributed by atoms with Crippen molar-refractivity contribution < 1.29 is 23.5 Å². The summed E-state index contributed by atoms with van der Waals surface area (Å²) < 4.78 is 24.3. The molecule has 0 aliphatic heterocycles. The Labute approximate surface area is 183 Å². The van der Waals surface area contributed by atoms with Gasteiger partial charge in [-0.2, -0.15) is 0 Å². The Bertz CT molecular complexity index is 857. The van der Waals surface area contributed by atoms with Crippen LogP contribution in [0.25, 0.3) is 0 Å². The minimum Gasteiger partial charge on any atom is -0.493 e. The van der Waals surface area contributed by atoms with Crippen LogP contribution in [0, 0.1) is 5.82 Å². The van der Waals surface area contributed by atoms with Crippen LogP contribution in [0.1, 0.15) is 39.2 Å². The molecule has 0 bridgehead atoms. The lowest BCUT2D eigenvalue weighted by molar-refractivity contribution is -0.143. The molecule has 0 heterocycles. The second-order valence-electron chi connectivity index (χ2n) is 7.33. The third kappa shape index (κ3) is 6.98. The van der Waals surface area contributed by atoms with Gasteiger partial charge in [0.25, 0.3) is 5.91 Å². The second-order valence-corrected chi connectivity index (χ2v) is 7.33. The number of nitrogens with one attached hydrogen (secondary N) is 1. The van der Waals surface area contributed by atoms with Crippen LogP contribution < -0.4 is 14.8 Å². The number of amides is 2. The van der Waals surface area contributed by atoms with E-state index in [1.54, 1.807) is 36.4 Å². The van der Waals surface area contributed by atoms with Crippen molar-refractivity contribution in [3.05, 3.63) is 59.9 Å². The molecule has 1 N–H and O–H groups in total. The van der Waals surface area contributed by atoms with Crippen molar-refractivity contribution in [2.75, 3.05) is 13.7 Å². The van der Waals surface area contributed by atoms with E-state index in [1.165, 1.54) is 24.1 Å². The van der Waals surface area contributed by atoms with E-state index in [-0.39, 0.29) is 36.8 Å². The van der Waals surface area contributed by atoms with E-state index in [0.29, 0.717) is 17.9 Å². The molecule has 0 aliphatic rings. The molecule has 31 heavy (non-hydrogen) atoms. The van der Waals surface area contributed by atoms with Crippen LogP contribution in [0.4, 0.5) is 4.39 Å². The smallest absolute Gasteiger partial charge is 0.261 e. The number of benzene rings is 2. The van der Waals surface area contributed by atoms with Crippen LogP contribution in [0.3, 0.4) is 0 Å². The average molecular weight is 431 g/mol. The van der Waals surface area contributed by atoms with Crippen LogP contribution in [0.15, 0.2) is 48.5 Å². The molecule has 2 aromatic carbocycles. The van der Waals surface area contributed by atoms with Gasteiger partial charge in [0.05, 0.1) is 7.11 Å². The highest BCUT2D eigenvalue weighted by Crippen LogP contribution is 2.26. The Hall–Kier alpha value is -3.09. The van der Waals surface area contributed by atoms with Gasteiger partial charge in [-0.05, 0) is 49.6 Å². The number of carbonyl (C=O) groups is 2. The van der Waals surface area contributed by atoms with E-state index >= 15 is 0 Å². The lowest BCUT2D eigenvalue weighted by atomic mass is 10.1. The number of halogens is 1. The van der Waals surface area contributed by atoms with E-state index in [9.17, 15) is 14.0 Å². The molecule has 0 spiro atoms. The molecule has 7 heteroatoms. The molecule has 2 rings (SSSR count). The molecule has 2 amide bonds. The highest BCUT2D eigenvalue weighted by Gasteiger charge is 2.29. The SMILES string of the molecule is CCC(C)NC(=O)C(CC)N(Cc1ccc(F)cc1)C(=O)COc1ccccc1OC. The number of ether oxygens (including phenoxy) is 2. The van der Waals surface area contributed by atoms with Gasteiger partial charge in [-0.3, -0.25) is 9.59 Å². The van der Waals surface area contributed by atoms with Crippen LogP contribution >= 0.6 is 0 Å². The normalized spacial score (nSPS) is 12.5. The van der Waals surface area contributed by atoms with Gasteiger partial charge >= 0.3 is 0 Å². The molecule has 0 saturated heterocycles. The lowest BCUT2D eigenvalue weighted by Gasteiger charge is -2.31. The summed E-state index contributed by atoms with van der Waals surface area (Å²) in [7, 11) is 1.53. The Morgan fingerprint density at radius 2 is 1.68 bits per heavy atom. The molecule has 0 aliphatic carbocycles. The summed E-state index contributed by atoms with van der Waals surface area (Å²) in [5.74, 6) is 0.0350. The van der Waals surface area contributed by atoms with Crippen molar-refractivity contribution >= 4 is 11.8 Å². The first-order valence-electron chi connectivity index (χ1n) is 10.5. The van der Waals surface area contributed by atoms with Crippen molar-refractivity contribution in [1.82, 2.24) is 10.2 Å². The number of hydrogen-bond acceptors (Lipinski definition) is 4. The predicted molar refractivity (Wildman–Crippen MR) is 117 cm³/mol. The molecule has 2 atom stereocenters. The zero-order valence-electron chi connectivity index (χ0n) is 18.6. The summed E-state index contributed by atoms with van der Waals surface area (Å²) in [4.78, 5) is 27.5. The van der Waals surface area contributed by atoms with Gasteiger partial charge in [-0.25, -0.2) is 4.39 Å². The quantitative estimate of drug-likeness (QED) is 0.586. The van der Waals surface area contributed by atoms with E-state index in [1.807, 2.05) is 20.8 Å². The first-order valence-corrected chi connectivity index (χ1v) is 10.5. The number of carbonyl (C=O) groups excluding carboxylic acids is 2. The molecule has 2 aromatic rings. The van der Waals surface area contributed by atoms with Crippen molar-refractivity contribution in [3.8, 4) is 11.5 Å². The summed E-state index contributed by atoms with van der Waals surface area (Å²) in [5, 5.41) is 2.95. The lowest BCUT2D eigenvalue weighted by Crippen LogP contribution is -2.51. The van der Waals surface area contributed by atoms with Crippen molar-refractivity contribution in [2.45, 2.75) is 52.2 Å². The summed E-state index contributed by atoms with van der Waals surface area (Å²) >= 11 is 0. The number of rotatable bonds is 11. The third-order valence-corrected chi connectivity index (χ3v) is 5.07. The van der Waals surface area contributed by atoms with Gasteiger partial charge in [0.15, 0.2) is 18.1 Å². The summed E-state index contributed by atoms with van der Waals surface area (Å²) in [6.07, 6.45) is 1.22. The molecule has 0 fully saturated rings. The molecule has 0 aromatic heterocycles. The molecule has 168 valence electrons. The number of para-hydroxylation sites is 2. The molecule has 0 radical (unpaired) electrons. The van der Waals surface area contributed by atoms with Crippen LogP contribution in [-0.4, -0.2) is 42.5 Å². The van der Waals surface area contributed by atoms with E-state index in [4.69, 9.17) is 9.47 Å². The van der Waals surface area contributed by atoms with Crippen LogP contribution in [0.5, 0.6) is 11.5 Å². The van der Waals surface area contributed by atoms with Crippen molar-refractivity contribution in [1.29, 1.82) is 0 Å². The summed E-state index contributed by atoms with van der Waals surface area (Å²) in [6, 6.07) is 12.3. The maximum Gasteiger partial charge on any atom is 0.261 e. The Morgan fingerprint density at radius 1 is 1.03 bits per heavy atom. The largest absolute Gasteiger partial charge is 0.493 e. The highest BCUT2D eigenvalue weighted by atomic mass is 19.1. The highest BCUT2D eigenvalue weighted by molar-refractivity contribution is 5.88. The molecule has 6 nitrogen and oxygen atoms in total. The minimum absolute atomic E-state index is 0.00541. The molecular formula is C24H31FN2O4. The third-order valence-electron chi connectivity index (χ3n) is 5.07. The van der Waals surface area contributed by atoms with Gasteiger partial charge in [0.2, 0.25) is 5.91 Å². The Kier molecular flexibility index (Phi) is 9.31. The van der Waals surface area contributed by atoms with Gasteiger partial charge in [-0.1, -0.05) is 38.1 Å². The Morgan fingerprint density at radius 3 is 2.26 bits per heavy atom. The zero-order chi connectivity index (χ0) is 22.8. The monoisotopic (exact) mass is 430 g/mol. The maximum atomic E-state index is 13.3. The molecule has 2 unspecified atom stereocenters. The first kappa shape index (κ1) is 24.2. The number of methoxy groups -OCH3 is 1. The van der Waals surface area contributed by atoms with Gasteiger partial charge in [0, 0.05) is 12.6 Å². The van der Waals surface area contributed by atoms with Crippen molar-refractivity contribution in [2.24, 2.45) is 0 Å². The molecule has 0 saturated carbocycles. The molecular weight excluding hydrogens is 399 g/mol. The van der Waals surface area contributed by atoms with Crippen molar-refractivity contribution in [3.63, 3.8) is 0 Å². The van der Waals surface area contributed by atoms with E-state index in [2.05, 4.69) is 5.32 Å². The zero-order valence-corrected chi connectivity index (χ0v) is 18.6. The van der Waals surface area contributed by atoms with E-state index < -0.39 is 6.04 Å². The topological polar surface area (TPSA) is 67.9 Å². The predicted octanol–water partition coefficient (Wildman–Crippen LogP) is 3.94. The number of nitrogens with zero attached hydrogens (tertiary/aromatic N) is 1.